The summed E-state index contributed by atoms with van der Waals surface area (Å²) >= 11 is 0. The minimum atomic E-state index is -0.328. The molecule has 2 aliphatic rings. The van der Waals surface area contributed by atoms with Crippen molar-refractivity contribution >= 4 is 44.5 Å². The Hall–Kier alpha value is -4.84. The number of rotatable bonds is 7. The van der Waals surface area contributed by atoms with Crippen molar-refractivity contribution in [2.24, 2.45) is 20.8 Å². The van der Waals surface area contributed by atoms with Crippen LogP contribution >= 0.6 is 0 Å². The van der Waals surface area contributed by atoms with E-state index in [4.69, 9.17) is 9.98 Å². The van der Waals surface area contributed by atoms with Crippen LogP contribution in [0.3, 0.4) is 0 Å². The number of nitrogens with zero attached hydrogens (tertiary/aromatic N) is 2. The van der Waals surface area contributed by atoms with Gasteiger partial charge >= 0.3 is 0 Å². The minimum absolute atomic E-state index is 0.0392. The molecule has 2 N–H and O–H groups in total. The van der Waals surface area contributed by atoms with E-state index in [9.17, 15) is 19.8 Å². The summed E-state index contributed by atoms with van der Waals surface area (Å²) in [5.41, 5.74) is 3.13. The maximum atomic E-state index is 13.6. The lowest BCUT2D eigenvalue weighted by molar-refractivity contribution is -0.118. The van der Waals surface area contributed by atoms with Gasteiger partial charge in [-0.2, -0.15) is 0 Å². The number of ketones is 2. The monoisotopic (exact) mass is 654 g/mol. The molecule has 1 atom stereocenters. The Labute approximate surface area is 289 Å². The van der Waals surface area contributed by atoms with E-state index in [1.807, 2.05) is 106 Å². The summed E-state index contributed by atoms with van der Waals surface area (Å²) in [4.78, 5) is 37.0. The van der Waals surface area contributed by atoms with Crippen LogP contribution < -0.4 is 0 Å². The zero-order valence-corrected chi connectivity index (χ0v) is 29.2. The van der Waals surface area contributed by atoms with Crippen LogP contribution in [0.15, 0.2) is 118 Å². The number of aliphatic imine (C=N–C) groups is 2. The van der Waals surface area contributed by atoms with Crippen LogP contribution in [-0.2, 0) is 22.4 Å². The molecule has 2 saturated carbocycles. The molecule has 0 saturated heterocycles. The van der Waals surface area contributed by atoms with Crippen molar-refractivity contribution < 1.29 is 19.8 Å². The second kappa shape index (κ2) is 13.6. The molecule has 49 heavy (non-hydrogen) atoms. The largest absolute Gasteiger partial charge is 0.511 e. The molecular formula is C43H46N2O4. The van der Waals surface area contributed by atoms with Crippen molar-refractivity contribution in [3.63, 3.8) is 0 Å². The Morgan fingerprint density at radius 2 is 1.06 bits per heavy atom. The first kappa shape index (κ1) is 34.0. The fourth-order valence-corrected chi connectivity index (χ4v) is 7.46. The van der Waals surface area contributed by atoms with Gasteiger partial charge in [-0.15, -0.1) is 0 Å². The normalized spacial score (nSPS) is 22.1. The van der Waals surface area contributed by atoms with Crippen molar-refractivity contribution in [1.29, 1.82) is 0 Å². The van der Waals surface area contributed by atoms with E-state index >= 15 is 0 Å². The van der Waals surface area contributed by atoms with Gasteiger partial charge in [0.25, 0.3) is 0 Å². The van der Waals surface area contributed by atoms with Crippen molar-refractivity contribution in [3.05, 3.63) is 119 Å². The number of hydrogen-bond acceptors (Lipinski definition) is 6. The van der Waals surface area contributed by atoms with E-state index in [2.05, 4.69) is 13.8 Å². The van der Waals surface area contributed by atoms with Gasteiger partial charge in [0, 0.05) is 37.1 Å². The molecule has 0 aliphatic heterocycles. The lowest BCUT2D eigenvalue weighted by Crippen LogP contribution is -2.34. The maximum absolute atomic E-state index is 13.6. The Balaban J connectivity index is 1.31. The second-order valence-electron chi connectivity index (χ2n) is 15.4. The molecule has 0 spiro atoms. The van der Waals surface area contributed by atoms with Crippen molar-refractivity contribution in [3.8, 4) is 0 Å². The summed E-state index contributed by atoms with van der Waals surface area (Å²) in [6, 6.07) is 27.7. The van der Waals surface area contributed by atoms with Gasteiger partial charge in [-0.25, -0.2) is 0 Å². The van der Waals surface area contributed by atoms with E-state index in [0.717, 1.165) is 32.7 Å². The van der Waals surface area contributed by atoms with Crippen LogP contribution in [0.4, 0.5) is 0 Å². The highest BCUT2D eigenvalue weighted by Gasteiger charge is 2.38. The number of carbonyl (C=O) groups is 2. The summed E-state index contributed by atoms with van der Waals surface area (Å²) in [7, 11) is 0. The Bertz CT molecular complexity index is 2070. The zero-order chi connectivity index (χ0) is 34.9. The molecule has 1 unspecified atom stereocenters. The lowest BCUT2D eigenvalue weighted by atomic mass is 9.73. The summed E-state index contributed by atoms with van der Waals surface area (Å²) in [6.45, 7) is 10.4. The van der Waals surface area contributed by atoms with E-state index in [1.54, 1.807) is 0 Å². The van der Waals surface area contributed by atoms with Crippen molar-refractivity contribution in [1.82, 2.24) is 0 Å². The molecule has 0 radical (unpaired) electrons. The molecule has 2 fully saturated rings. The van der Waals surface area contributed by atoms with E-state index in [0.29, 0.717) is 48.3 Å². The van der Waals surface area contributed by atoms with E-state index < -0.39 is 0 Å². The van der Waals surface area contributed by atoms with E-state index in [-0.39, 0.29) is 59.3 Å². The van der Waals surface area contributed by atoms with Crippen LogP contribution in [-0.4, -0.2) is 45.8 Å². The Kier molecular flexibility index (Phi) is 9.43. The predicted molar refractivity (Wildman–Crippen MR) is 200 cm³/mol. The molecule has 252 valence electrons. The fourth-order valence-electron chi connectivity index (χ4n) is 7.46. The lowest BCUT2D eigenvalue weighted by Gasteiger charge is -2.32. The topological polar surface area (TPSA) is 99.3 Å². The Morgan fingerprint density at radius 3 is 1.57 bits per heavy atom. The van der Waals surface area contributed by atoms with Crippen molar-refractivity contribution in [2.75, 3.05) is 6.54 Å². The first-order chi connectivity index (χ1) is 23.3. The third-order valence-electron chi connectivity index (χ3n) is 9.68. The molecule has 6 nitrogen and oxygen atoms in total. The number of benzene rings is 4. The molecule has 6 heteroatoms. The standard InChI is InChI=1S/C43H46N2O4/c1-27(45-35-23-43(4,5)25-39(49)41(35)37(47)21-31-17-11-15-29-13-7-9-19-33(29)31)26-44-34-22-42(2,3)24-38(48)40(34)36(46)20-30-16-10-14-28-12-6-8-18-32(28)30/h6-19,27,46-47H,20-26H2,1-5H3. The van der Waals surface area contributed by atoms with E-state index in [1.165, 1.54) is 0 Å². The number of allylic oxidation sites excluding steroid dienone is 4. The third kappa shape index (κ3) is 7.59. The van der Waals surface area contributed by atoms with Gasteiger partial charge in [0.15, 0.2) is 11.6 Å². The number of Topliss-reactive ketones (excluding diaryl/α,β-unsaturated/α-hetero) is 2. The molecule has 4 aromatic rings. The van der Waals surface area contributed by atoms with Crippen LogP contribution in [0.2, 0.25) is 0 Å². The summed E-state index contributed by atoms with van der Waals surface area (Å²) in [5.74, 6) is -0.126. The fraction of sp³-hybridized carbons (Fsp3) is 0.349. The average Bonchev–Trinajstić information content (AvgIpc) is 3.02. The highest BCUT2D eigenvalue weighted by molar-refractivity contribution is 6.25. The third-order valence-corrected chi connectivity index (χ3v) is 9.68. The zero-order valence-electron chi connectivity index (χ0n) is 29.2. The number of aliphatic hydroxyl groups is 2. The quantitative estimate of drug-likeness (QED) is 0.153. The maximum Gasteiger partial charge on any atom is 0.168 e. The average molecular weight is 655 g/mol. The molecule has 0 amide bonds. The first-order valence-electron chi connectivity index (χ1n) is 17.2. The van der Waals surface area contributed by atoms with Crippen LogP contribution in [0.25, 0.3) is 21.5 Å². The molecule has 6 rings (SSSR count). The van der Waals surface area contributed by atoms with Gasteiger partial charge < -0.3 is 10.2 Å². The number of hydrogen-bond donors (Lipinski definition) is 2. The van der Waals surface area contributed by atoms with Crippen molar-refractivity contribution in [2.45, 2.75) is 79.2 Å². The highest BCUT2D eigenvalue weighted by Crippen LogP contribution is 2.38. The van der Waals surface area contributed by atoms with Gasteiger partial charge in [0.2, 0.25) is 0 Å². The minimum Gasteiger partial charge on any atom is -0.511 e. The van der Waals surface area contributed by atoms with Gasteiger partial charge in [0.1, 0.15) is 11.5 Å². The van der Waals surface area contributed by atoms with Gasteiger partial charge in [-0.05, 0) is 63.3 Å². The van der Waals surface area contributed by atoms with Gasteiger partial charge in [0.05, 0.1) is 23.7 Å². The van der Waals surface area contributed by atoms with Crippen LogP contribution in [0.5, 0.6) is 0 Å². The van der Waals surface area contributed by atoms with Crippen LogP contribution in [0.1, 0.15) is 71.4 Å². The molecule has 0 bridgehead atoms. The Morgan fingerprint density at radius 1 is 0.633 bits per heavy atom. The van der Waals surface area contributed by atoms with Gasteiger partial charge in [-0.1, -0.05) is 113 Å². The predicted octanol–water partition coefficient (Wildman–Crippen LogP) is 9.45. The number of aliphatic hydroxyl groups excluding tert-OH is 2. The van der Waals surface area contributed by atoms with Gasteiger partial charge in [-0.3, -0.25) is 19.6 Å². The molecule has 0 aromatic heterocycles. The number of fused-ring (bicyclic) bond motifs is 2. The second-order valence-corrected chi connectivity index (χ2v) is 15.4. The molecule has 0 heterocycles. The molecule has 2 aliphatic carbocycles. The first-order valence-corrected chi connectivity index (χ1v) is 17.2. The smallest absolute Gasteiger partial charge is 0.168 e. The number of carbonyl (C=O) groups excluding carboxylic acids is 2. The van der Waals surface area contributed by atoms with Crippen LogP contribution in [0, 0.1) is 10.8 Å². The SMILES string of the molecule is CC(CN=C1CC(C)(C)CC(=O)C1=C(O)Cc1cccc2ccccc12)N=C1CC(C)(C)CC(=O)C1=C(O)Cc1cccc2ccccc12. The molecular weight excluding hydrogens is 608 g/mol. The molecule has 4 aromatic carbocycles. The summed E-state index contributed by atoms with van der Waals surface area (Å²) < 4.78 is 0. The summed E-state index contributed by atoms with van der Waals surface area (Å²) in [6.07, 6.45) is 2.25. The highest BCUT2D eigenvalue weighted by atomic mass is 16.3. The summed E-state index contributed by atoms with van der Waals surface area (Å²) in [5, 5.41) is 27.2.